The number of hydrogen-bond acceptors (Lipinski definition) is 6. The number of amides is 2. The van der Waals surface area contributed by atoms with Gasteiger partial charge in [0.1, 0.15) is 0 Å². The maximum Gasteiger partial charge on any atom is 0.318 e. The van der Waals surface area contributed by atoms with Crippen LogP contribution in [-0.2, 0) is 19.6 Å². The second kappa shape index (κ2) is 7.87. The predicted molar refractivity (Wildman–Crippen MR) is 101 cm³/mol. The molecule has 1 fully saturated rings. The molecule has 1 aliphatic carbocycles. The van der Waals surface area contributed by atoms with E-state index in [9.17, 15) is 4.79 Å². The predicted octanol–water partition coefficient (Wildman–Crippen LogP) is 3.62. The molecule has 0 bridgehead atoms. The normalized spacial score (nSPS) is 13.5. The first-order valence-electron chi connectivity index (χ1n) is 8.97. The highest BCUT2D eigenvalue weighted by atomic mass is 32.1. The van der Waals surface area contributed by atoms with Crippen LogP contribution in [0.15, 0.2) is 41.2 Å². The molecule has 1 saturated carbocycles. The van der Waals surface area contributed by atoms with Gasteiger partial charge in [0.2, 0.25) is 5.89 Å². The van der Waals surface area contributed by atoms with Crippen molar-refractivity contribution in [3.63, 3.8) is 0 Å². The average molecular weight is 383 g/mol. The molecule has 8 heteroatoms. The first-order valence-corrected chi connectivity index (χ1v) is 9.78. The van der Waals surface area contributed by atoms with Gasteiger partial charge in [-0.3, -0.25) is 4.98 Å². The molecule has 3 aromatic rings. The molecule has 2 amide bonds. The number of nitrogens with one attached hydrogen (secondary N) is 1. The molecule has 0 aliphatic heterocycles. The molecule has 27 heavy (non-hydrogen) atoms. The topological polar surface area (TPSA) is 84.2 Å². The molecule has 3 aromatic heterocycles. The molecule has 140 valence electrons. The lowest BCUT2D eigenvalue weighted by Crippen LogP contribution is -2.38. The molecule has 0 aromatic carbocycles. The van der Waals surface area contributed by atoms with Crippen LogP contribution in [0.3, 0.4) is 0 Å². The van der Waals surface area contributed by atoms with Crippen LogP contribution in [0.1, 0.15) is 45.8 Å². The summed E-state index contributed by atoms with van der Waals surface area (Å²) in [5.74, 6) is 1.61. The van der Waals surface area contributed by atoms with E-state index in [1.165, 1.54) is 4.88 Å². The van der Waals surface area contributed by atoms with Gasteiger partial charge in [-0.2, -0.15) is 4.98 Å². The van der Waals surface area contributed by atoms with Crippen molar-refractivity contribution in [3.05, 3.63) is 63.7 Å². The smallest absolute Gasteiger partial charge is 0.318 e. The number of hydrogen-bond donors (Lipinski definition) is 1. The van der Waals surface area contributed by atoms with Crippen molar-refractivity contribution in [2.24, 2.45) is 0 Å². The lowest BCUT2D eigenvalue weighted by Gasteiger charge is -2.22. The van der Waals surface area contributed by atoms with Gasteiger partial charge in [-0.15, -0.1) is 11.3 Å². The van der Waals surface area contributed by atoms with E-state index >= 15 is 0 Å². The lowest BCUT2D eigenvalue weighted by molar-refractivity contribution is 0.192. The van der Waals surface area contributed by atoms with E-state index in [4.69, 9.17) is 4.52 Å². The zero-order valence-electron chi connectivity index (χ0n) is 15.1. The lowest BCUT2D eigenvalue weighted by atomic mass is 10.2. The SMILES string of the molecule is Cc1ccc(CN(Cc2ccncc2)C(=O)NCc2noc(C3CC3)n2)s1. The number of aromatic nitrogens is 3. The maximum absolute atomic E-state index is 12.8. The first-order chi connectivity index (χ1) is 13.2. The summed E-state index contributed by atoms with van der Waals surface area (Å²) in [5.41, 5.74) is 1.03. The molecule has 0 saturated heterocycles. The zero-order valence-corrected chi connectivity index (χ0v) is 15.9. The molecule has 1 N–H and O–H groups in total. The van der Waals surface area contributed by atoms with Gasteiger partial charge in [0.25, 0.3) is 0 Å². The van der Waals surface area contributed by atoms with Crippen LogP contribution in [-0.4, -0.2) is 26.1 Å². The van der Waals surface area contributed by atoms with Gasteiger partial charge < -0.3 is 14.7 Å². The Morgan fingerprint density at radius 3 is 2.78 bits per heavy atom. The summed E-state index contributed by atoms with van der Waals surface area (Å²) in [6, 6.07) is 7.81. The number of nitrogens with zero attached hydrogens (tertiary/aromatic N) is 4. The Hall–Kier alpha value is -2.74. The van der Waals surface area contributed by atoms with E-state index in [2.05, 4.69) is 39.5 Å². The Bertz CT molecular complexity index is 904. The summed E-state index contributed by atoms with van der Waals surface area (Å²) in [7, 11) is 0. The van der Waals surface area contributed by atoms with E-state index in [0.717, 1.165) is 23.3 Å². The molecule has 0 atom stereocenters. The zero-order chi connectivity index (χ0) is 18.6. The minimum Gasteiger partial charge on any atom is -0.339 e. The van der Waals surface area contributed by atoms with Crippen LogP contribution >= 0.6 is 11.3 Å². The number of urea groups is 1. The molecular formula is C19H21N5O2S. The summed E-state index contributed by atoms with van der Waals surface area (Å²) in [4.78, 5) is 25.4. The highest BCUT2D eigenvalue weighted by molar-refractivity contribution is 7.11. The van der Waals surface area contributed by atoms with E-state index < -0.39 is 0 Å². The molecule has 0 spiro atoms. The van der Waals surface area contributed by atoms with Crippen molar-refractivity contribution in [1.29, 1.82) is 0 Å². The standard InChI is InChI=1S/C19H21N5O2S/c1-13-2-5-16(27-13)12-24(11-14-6-8-20-9-7-14)19(25)21-10-17-22-18(26-23-17)15-3-4-15/h2,5-9,15H,3-4,10-12H2,1H3,(H,21,25). The number of carbonyl (C=O) groups is 1. The summed E-state index contributed by atoms with van der Waals surface area (Å²) in [5, 5.41) is 6.86. The minimum atomic E-state index is -0.157. The number of pyridine rings is 1. The largest absolute Gasteiger partial charge is 0.339 e. The van der Waals surface area contributed by atoms with E-state index in [0.29, 0.717) is 30.7 Å². The van der Waals surface area contributed by atoms with Crippen LogP contribution in [0, 0.1) is 6.92 Å². The van der Waals surface area contributed by atoms with Crippen molar-refractivity contribution in [2.75, 3.05) is 0 Å². The Morgan fingerprint density at radius 1 is 1.26 bits per heavy atom. The van der Waals surface area contributed by atoms with Gasteiger partial charge in [-0.25, -0.2) is 4.79 Å². The average Bonchev–Trinajstić information content (AvgIpc) is 3.28. The summed E-state index contributed by atoms with van der Waals surface area (Å²) in [6.07, 6.45) is 5.68. The monoisotopic (exact) mass is 383 g/mol. The number of thiophene rings is 1. The van der Waals surface area contributed by atoms with E-state index in [1.54, 1.807) is 28.6 Å². The van der Waals surface area contributed by atoms with Gasteiger partial charge in [-0.1, -0.05) is 5.16 Å². The van der Waals surface area contributed by atoms with Crippen LogP contribution in [0.5, 0.6) is 0 Å². The summed E-state index contributed by atoms with van der Waals surface area (Å²) < 4.78 is 5.24. The van der Waals surface area contributed by atoms with Crippen LogP contribution in [0.2, 0.25) is 0 Å². The second-order valence-corrected chi connectivity index (χ2v) is 8.08. The highest BCUT2D eigenvalue weighted by Crippen LogP contribution is 2.38. The van der Waals surface area contributed by atoms with Crippen molar-refractivity contribution >= 4 is 17.4 Å². The Balaban J connectivity index is 1.41. The van der Waals surface area contributed by atoms with E-state index in [1.807, 2.05) is 12.1 Å². The molecule has 0 radical (unpaired) electrons. The van der Waals surface area contributed by atoms with Crippen LogP contribution < -0.4 is 5.32 Å². The Labute approximate surface area is 161 Å². The van der Waals surface area contributed by atoms with Crippen molar-refractivity contribution in [3.8, 4) is 0 Å². The Kier molecular flexibility index (Phi) is 5.15. The fraction of sp³-hybridized carbons (Fsp3) is 0.368. The third-order valence-electron chi connectivity index (χ3n) is 4.36. The number of aryl methyl sites for hydroxylation is 1. The van der Waals surface area contributed by atoms with Crippen LogP contribution in [0.25, 0.3) is 0 Å². The molecule has 7 nitrogen and oxygen atoms in total. The highest BCUT2D eigenvalue weighted by Gasteiger charge is 2.29. The fourth-order valence-electron chi connectivity index (χ4n) is 2.77. The third kappa shape index (κ3) is 4.71. The fourth-order valence-corrected chi connectivity index (χ4v) is 3.67. The second-order valence-electron chi connectivity index (χ2n) is 6.71. The molecule has 1 aliphatic rings. The van der Waals surface area contributed by atoms with Crippen LogP contribution in [0.4, 0.5) is 4.79 Å². The molecule has 3 heterocycles. The van der Waals surface area contributed by atoms with Crippen molar-refractivity contribution in [1.82, 2.24) is 25.3 Å². The number of rotatable bonds is 7. The third-order valence-corrected chi connectivity index (χ3v) is 5.35. The first kappa shape index (κ1) is 17.7. The molecular weight excluding hydrogens is 362 g/mol. The Morgan fingerprint density at radius 2 is 2.07 bits per heavy atom. The van der Waals surface area contributed by atoms with Gasteiger partial charge >= 0.3 is 6.03 Å². The maximum atomic E-state index is 12.8. The minimum absolute atomic E-state index is 0.157. The van der Waals surface area contributed by atoms with Crippen molar-refractivity contribution < 1.29 is 9.32 Å². The summed E-state index contributed by atoms with van der Waals surface area (Å²) in [6.45, 7) is 3.37. The van der Waals surface area contributed by atoms with Gasteiger partial charge in [0.05, 0.1) is 13.1 Å². The molecule has 0 unspecified atom stereocenters. The van der Waals surface area contributed by atoms with Gasteiger partial charge in [-0.05, 0) is 49.6 Å². The van der Waals surface area contributed by atoms with E-state index in [-0.39, 0.29) is 12.6 Å². The quantitative estimate of drug-likeness (QED) is 0.673. The van der Waals surface area contributed by atoms with Gasteiger partial charge in [0.15, 0.2) is 5.82 Å². The van der Waals surface area contributed by atoms with Crippen molar-refractivity contribution in [2.45, 2.75) is 45.3 Å². The summed E-state index contributed by atoms with van der Waals surface area (Å²) >= 11 is 1.70. The van der Waals surface area contributed by atoms with Gasteiger partial charge in [0, 0.05) is 34.6 Å². The molecule has 4 rings (SSSR count). The number of carbonyl (C=O) groups excluding carboxylic acids is 1.